The van der Waals surface area contributed by atoms with Gasteiger partial charge >= 0.3 is 0 Å². The number of nitrogens with zero attached hydrogens (tertiary/aromatic N) is 1. The van der Waals surface area contributed by atoms with Crippen molar-refractivity contribution in [1.29, 1.82) is 0 Å². The zero-order valence-corrected chi connectivity index (χ0v) is 17.2. The summed E-state index contributed by atoms with van der Waals surface area (Å²) in [6.07, 6.45) is 0. The first kappa shape index (κ1) is 20.4. The van der Waals surface area contributed by atoms with Gasteiger partial charge in [-0.1, -0.05) is 33.6 Å². The van der Waals surface area contributed by atoms with Gasteiger partial charge in [0.15, 0.2) is 0 Å². The highest BCUT2D eigenvalue weighted by Crippen LogP contribution is 2.25. The van der Waals surface area contributed by atoms with Gasteiger partial charge < -0.3 is 5.32 Å². The van der Waals surface area contributed by atoms with Crippen molar-refractivity contribution in [3.63, 3.8) is 0 Å². The van der Waals surface area contributed by atoms with Gasteiger partial charge in [-0.15, -0.1) is 0 Å². The average molecular weight is 466 g/mol. The largest absolute Gasteiger partial charge is 0.347 e. The first-order valence-corrected chi connectivity index (χ1v) is 9.93. The maximum atomic E-state index is 13.5. The standard InChI is InChI=1S/C21H16BrClF2N2O/c1-12-6-15(24)3-4-16(12)19-8-14(10-22)9-20(27-19)21(28)26-11-13-2-5-17(23)18(25)7-13/h2-9H,10-11H2,1H3,(H,26,28). The molecule has 0 fully saturated rings. The van der Waals surface area contributed by atoms with E-state index in [2.05, 4.69) is 26.2 Å². The van der Waals surface area contributed by atoms with Crippen LogP contribution in [0.25, 0.3) is 11.3 Å². The molecule has 28 heavy (non-hydrogen) atoms. The van der Waals surface area contributed by atoms with Crippen molar-refractivity contribution in [2.24, 2.45) is 0 Å². The molecule has 0 aliphatic carbocycles. The van der Waals surface area contributed by atoms with Crippen LogP contribution < -0.4 is 5.32 Å². The van der Waals surface area contributed by atoms with Crippen molar-refractivity contribution in [3.05, 3.63) is 87.6 Å². The monoisotopic (exact) mass is 464 g/mol. The summed E-state index contributed by atoms with van der Waals surface area (Å²) in [5.74, 6) is -1.26. The fraction of sp³-hybridized carbons (Fsp3) is 0.143. The Morgan fingerprint density at radius 1 is 1.11 bits per heavy atom. The number of hydrogen-bond acceptors (Lipinski definition) is 2. The summed E-state index contributed by atoms with van der Waals surface area (Å²) in [4.78, 5) is 17.0. The molecule has 0 bridgehead atoms. The molecular formula is C21H16BrClF2N2O. The van der Waals surface area contributed by atoms with Crippen LogP contribution in [0.1, 0.15) is 27.2 Å². The van der Waals surface area contributed by atoms with Crippen molar-refractivity contribution in [3.8, 4) is 11.3 Å². The highest BCUT2D eigenvalue weighted by molar-refractivity contribution is 9.08. The molecule has 0 aliphatic heterocycles. The summed E-state index contributed by atoms with van der Waals surface area (Å²) < 4.78 is 26.9. The van der Waals surface area contributed by atoms with Crippen molar-refractivity contribution in [1.82, 2.24) is 10.3 Å². The second-order valence-electron chi connectivity index (χ2n) is 6.27. The minimum absolute atomic E-state index is 0.0288. The van der Waals surface area contributed by atoms with Crippen LogP contribution in [0.4, 0.5) is 8.78 Å². The van der Waals surface area contributed by atoms with Crippen LogP contribution in [-0.4, -0.2) is 10.9 Å². The Morgan fingerprint density at radius 3 is 2.57 bits per heavy atom. The molecule has 0 spiro atoms. The fourth-order valence-corrected chi connectivity index (χ4v) is 3.20. The lowest BCUT2D eigenvalue weighted by Gasteiger charge is -2.11. The van der Waals surface area contributed by atoms with E-state index in [0.717, 1.165) is 16.7 Å². The van der Waals surface area contributed by atoms with Gasteiger partial charge in [0, 0.05) is 17.4 Å². The summed E-state index contributed by atoms with van der Waals surface area (Å²) in [7, 11) is 0. The first-order chi connectivity index (χ1) is 13.4. The van der Waals surface area contributed by atoms with Gasteiger partial charge in [0.2, 0.25) is 0 Å². The van der Waals surface area contributed by atoms with E-state index in [1.165, 1.54) is 24.3 Å². The lowest BCUT2D eigenvalue weighted by molar-refractivity contribution is 0.0946. The average Bonchev–Trinajstić information content (AvgIpc) is 2.68. The molecule has 1 amide bonds. The van der Waals surface area contributed by atoms with E-state index in [1.54, 1.807) is 25.1 Å². The maximum absolute atomic E-state index is 13.5. The Bertz CT molecular complexity index is 1040. The third-order valence-corrected chi connectivity index (χ3v) is 5.13. The lowest BCUT2D eigenvalue weighted by Crippen LogP contribution is -2.24. The fourth-order valence-electron chi connectivity index (χ4n) is 2.76. The van der Waals surface area contributed by atoms with E-state index in [-0.39, 0.29) is 29.0 Å². The van der Waals surface area contributed by atoms with E-state index in [1.807, 2.05) is 6.07 Å². The summed E-state index contributed by atoms with van der Waals surface area (Å²) in [6, 6.07) is 12.3. The molecule has 7 heteroatoms. The van der Waals surface area contributed by atoms with Crippen LogP contribution in [0.3, 0.4) is 0 Å². The number of aryl methyl sites for hydroxylation is 1. The minimum atomic E-state index is -0.540. The smallest absolute Gasteiger partial charge is 0.270 e. The Morgan fingerprint density at radius 2 is 1.89 bits per heavy atom. The van der Waals surface area contributed by atoms with E-state index in [9.17, 15) is 13.6 Å². The number of halogens is 4. The molecule has 3 aromatic rings. The normalized spacial score (nSPS) is 10.8. The molecule has 1 aromatic heterocycles. The predicted molar refractivity (Wildman–Crippen MR) is 110 cm³/mol. The Hall–Kier alpha value is -2.31. The molecule has 3 nitrogen and oxygen atoms in total. The van der Waals surface area contributed by atoms with Crippen LogP contribution in [0, 0.1) is 18.6 Å². The third-order valence-electron chi connectivity index (χ3n) is 4.17. The summed E-state index contributed by atoms with van der Waals surface area (Å²) >= 11 is 9.06. The number of aromatic nitrogens is 1. The number of alkyl halides is 1. The highest BCUT2D eigenvalue weighted by atomic mass is 79.9. The summed E-state index contributed by atoms with van der Waals surface area (Å²) in [5.41, 5.74) is 3.72. The second kappa shape index (κ2) is 8.80. The van der Waals surface area contributed by atoms with Crippen LogP contribution in [-0.2, 0) is 11.9 Å². The number of carbonyl (C=O) groups excluding carboxylic acids is 1. The third kappa shape index (κ3) is 4.75. The molecule has 0 radical (unpaired) electrons. The van der Waals surface area contributed by atoms with Crippen LogP contribution in [0.5, 0.6) is 0 Å². The molecule has 144 valence electrons. The zero-order chi connectivity index (χ0) is 20.3. The van der Waals surface area contributed by atoms with Crippen molar-refractivity contribution in [2.75, 3.05) is 0 Å². The van der Waals surface area contributed by atoms with Gasteiger partial charge in [-0.3, -0.25) is 4.79 Å². The minimum Gasteiger partial charge on any atom is -0.347 e. The van der Waals surface area contributed by atoms with E-state index < -0.39 is 5.82 Å². The Kier molecular flexibility index (Phi) is 6.42. The van der Waals surface area contributed by atoms with Crippen LogP contribution in [0.2, 0.25) is 5.02 Å². The van der Waals surface area contributed by atoms with E-state index >= 15 is 0 Å². The van der Waals surface area contributed by atoms with E-state index in [4.69, 9.17) is 11.6 Å². The Balaban J connectivity index is 1.86. The molecule has 0 saturated carbocycles. The number of amides is 1. The van der Waals surface area contributed by atoms with Gasteiger partial charge in [0.05, 0.1) is 10.7 Å². The molecule has 0 aliphatic rings. The molecule has 0 saturated heterocycles. The van der Waals surface area contributed by atoms with Crippen molar-refractivity contribution >= 4 is 33.4 Å². The molecule has 0 unspecified atom stereocenters. The number of pyridine rings is 1. The maximum Gasteiger partial charge on any atom is 0.270 e. The highest BCUT2D eigenvalue weighted by Gasteiger charge is 2.13. The lowest BCUT2D eigenvalue weighted by atomic mass is 10.0. The van der Waals surface area contributed by atoms with Crippen LogP contribution >= 0.6 is 27.5 Å². The van der Waals surface area contributed by atoms with Crippen LogP contribution in [0.15, 0.2) is 48.5 Å². The van der Waals surface area contributed by atoms with Gasteiger partial charge in [0.25, 0.3) is 5.91 Å². The number of nitrogens with one attached hydrogen (secondary N) is 1. The molecule has 2 aromatic carbocycles. The summed E-state index contributed by atoms with van der Waals surface area (Å²) in [6.45, 7) is 1.92. The molecule has 3 rings (SSSR count). The van der Waals surface area contributed by atoms with Gasteiger partial charge in [-0.2, -0.15) is 0 Å². The quantitative estimate of drug-likeness (QED) is 0.483. The first-order valence-electron chi connectivity index (χ1n) is 8.43. The van der Waals surface area contributed by atoms with Gasteiger partial charge in [0.1, 0.15) is 17.3 Å². The molecule has 1 heterocycles. The molecule has 1 N–H and O–H groups in total. The second-order valence-corrected chi connectivity index (χ2v) is 7.24. The zero-order valence-electron chi connectivity index (χ0n) is 14.9. The van der Waals surface area contributed by atoms with E-state index in [0.29, 0.717) is 16.6 Å². The SMILES string of the molecule is Cc1cc(F)ccc1-c1cc(CBr)cc(C(=O)NCc2ccc(Cl)c(F)c2)n1. The summed E-state index contributed by atoms with van der Waals surface area (Å²) in [5, 5.41) is 3.29. The van der Waals surface area contributed by atoms with Crippen molar-refractivity contribution in [2.45, 2.75) is 18.8 Å². The number of rotatable bonds is 5. The predicted octanol–water partition coefficient (Wildman–Crippen LogP) is 5.81. The van der Waals surface area contributed by atoms with Gasteiger partial charge in [-0.05, 0) is 66.1 Å². The topological polar surface area (TPSA) is 42.0 Å². The molecular weight excluding hydrogens is 450 g/mol. The number of carbonyl (C=O) groups is 1. The number of benzene rings is 2. The van der Waals surface area contributed by atoms with Crippen molar-refractivity contribution < 1.29 is 13.6 Å². The number of hydrogen-bond donors (Lipinski definition) is 1. The van der Waals surface area contributed by atoms with Gasteiger partial charge in [-0.25, -0.2) is 13.8 Å². The molecule has 0 atom stereocenters. The Labute approximate surface area is 174 Å².